The summed E-state index contributed by atoms with van der Waals surface area (Å²) in [5.41, 5.74) is 9.26. The number of nitrogens with zero attached hydrogens (tertiary/aromatic N) is 1. The molecule has 25 heavy (non-hydrogen) atoms. The second-order valence-corrected chi connectivity index (χ2v) is 6.95. The minimum Gasteiger partial charge on any atom is -0.398 e. The summed E-state index contributed by atoms with van der Waals surface area (Å²) in [4.78, 5) is 14.4. The van der Waals surface area contributed by atoms with Crippen molar-refractivity contribution in [3.8, 4) is 0 Å². The van der Waals surface area contributed by atoms with Crippen LogP contribution in [0.3, 0.4) is 0 Å². The van der Waals surface area contributed by atoms with E-state index in [0.717, 1.165) is 24.1 Å². The van der Waals surface area contributed by atoms with E-state index in [1.165, 1.54) is 0 Å². The van der Waals surface area contributed by atoms with Gasteiger partial charge in [0.2, 0.25) is 5.91 Å². The van der Waals surface area contributed by atoms with Crippen LogP contribution in [-0.2, 0) is 11.2 Å². The zero-order chi connectivity index (χ0) is 18.0. The van der Waals surface area contributed by atoms with Gasteiger partial charge in [0.1, 0.15) is 0 Å². The van der Waals surface area contributed by atoms with Gasteiger partial charge in [-0.15, -0.1) is 0 Å². The number of carbonyl (C=O) groups excluding carboxylic acids is 1. The highest BCUT2D eigenvalue weighted by Gasteiger charge is 2.25. The van der Waals surface area contributed by atoms with Gasteiger partial charge in [0, 0.05) is 35.0 Å². The largest absolute Gasteiger partial charge is 0.398 e. The number of benzene rings is 2. The highest BCUT2D eigenvalue weighted by Crippen LogP contribution is 2.37. The van der Waals surface area contributed by atoms with Crippen molar-refractivity contribution in [1.82, 2.24) is 0 Å². The molecule has 3 rings (SSSR count). The van der Waals surface area contributed by atoms with Gasteiger partial charge in [0.05, 0.1) is 10.7 Å². The topological polar surface area (TPSA) is 70.2 Å². The molecular formula is C19H19Cl2N3O. The first-order chi connectivity index (χ1) is 12.0. The summed E-state index contributed by atoms with van der Waals surface area (Å²) >= 11 is 12.4. The Bertz CT molecular complexity index is 835. The lowest BCUT2D eigenvalue weighted by molar-refractivity contribution is -0.118. The fourth-order valence-electron chi connectivity index (χ4n) is 3.17. The van der Waals surface area contributed by atoms with E-state index in [1.54, 1.807) is 23.1 Å². The summed E-state index contributed by atoms with van der Waals surface area (Å²) in [6, 6.07) is 10.8. The minimum atomic E-state index is -0.0376. The predicted octanol–water partition coefficient (Wildman–Crippen LogP) is 4.70. The van der Waals surface area contributed by atoms with E-state index in [1.807, 2.05) is 18.2 Å². The van der Waals surface area contributed by atoms with Crippen LogP contribution < -0.4 is 10.6 Å². The van der Waals surface area contributed by atoms with Crippen LogP contribution in [0.15, 0.2) is 36.4 Å². The molecule has 1 heterocycles. The van der Waals surface area contributed by atoms with Crippen LogP contribution in [0, 0.1) is 5.41 Å². The molecule has 0 unspecified atom stereocenters. The van der Waals surface area contributed by atoms with E-state index in [4.69, 9.17) is 34.3 Å². The van der Waals surface area contributed by atoms with Gasteiger partial charge in [0.25, 0.3) is 0 Å². The lowest BCUT2D eigenvalue weighted by Crippen LogP contribution is -2.36. The minimum absolute atomic E-state index is 0.0376. The van der Waals surface area contributed by atoms with Gasteiger partial charge in [-0.2, -0.15) is 0 Å². The Balaban J connectivity index is 1.73. The Morgan fingerprint density at radius 1 is 1.20 bits per heavy atom. The lowest BCUT2D eigenvalue weighted by Gasteiger charge is -2.30. The molecule has 1 aliphatic heterocycles. The van der Waals surface area contributed by atoms with Gasteiger partial charge < -0.3 is 16.0 Å². The first-order valence-corrected chi connectivity index (χ1v) is 8.93. The highest BCUT2D eigenvalue weighted by molar-refractivity contribution is 6.37. The maximum absolute atomic E-state index is 12.7. The summed E-state index contributed by atoms with van der Waals surface area (Å²) < 4.78 is 0. The fourth-order valence-corrected chi connectivity index (χ4v) is 3.81. The Labute approximate surface area is 157 Å². The summed E-state index contributed by atoms with van der Waals surface area (Å²) in [5.74, 6) is -0.0376. The van der Waals surface area contributed by atoms with Crippen LogP contribution in [0.5, 0.6) is 0 Å². The second-order valence-electron chi connectivity index (χ2n) is 6.11. The molecule has 0 saturated heterocycles. The number of nitrogens with two attached hydrogens (primary N) is 1. The van der Waals surface area contributed by atoms with Crippen molar-refractivity contribution < 1.29 is 4.79 Å². The molecule has 0 fully saturated rings. The predicted molar refractivity (Wildman–Crippen MR) is 104 cm³/mol. The number of anilines is 2. The van der Waals surface area contributed by atoms with Gasteiger partial charge >= 0.3 is 0 Å². The molecular weight excluding hydrogens is 357 g/mol. The smallest absolute Gasteiger partial charge is 0.227 e. The number of halogens is 2. The molecule has 6 heteroatoms. The maximum atomic E-state index is 12.7. The number of hydrogen-bond acceptors (Lipinski definition) is 3. The molecule has 2 aromatic rings. The molecule has 0 radical (unpaired) electrons. The van der Waals surface area contributed by atoms with Crippen LogP contribution in [-0.4, -0.2) is 18.2 Å². The van der Waals surface area contributed by atoms with Gasteiger partial charge in [-0.3, -0.25) is 4.79 Å². The van der Waals surface area contributed by atoms with Crippen LogP contribution >= 0.6 is 23.2 Å². The third-order valence-electron chi connectivity index (χ3n) is 4.38. The molecule has 1 amide bonds. The molecule has 0 aromatic heterocycles. The Morgan fingerprint density at radius 2 is 1.96 bits per heavy atom. The molecule has 0 spiro atoms. The number of aryl methyl sites for hydroxylation is 1. The molecule has 0 saturated carbocycles. The molecule has 3 N–H and O–H groups in total. The van der Waals surface area contributed by atoms with E-state index < -0.39 is 0 Å². The highest BCUT2D eigenvalue weighted by atomic mass is 35.5. The maximum Gasteiger partial charge on any atom is 0.227 e. The number of para-hydroxylation sites is 1. The van der Waals surface area contributed by atoms with Gasteiger partial charge in [-0.1, -0.05) is 41.4 Å². The first kappa shape index (κ1) is 17.8. The molecule has 2 aromatic carbocycles. The molecule has 1 aliphatic rings. The number of nitrogens with one attached hydrogen (secondary N) is 1. The van der Waals surface area contributed by atoms with Crippen LogP contribution in [0.2, 0.25) is 10.0 Å². The SMILES string of the molecule is N=C(CCC(=O)N1CCCc2cc(Cl)cc(Cl)c21)c1ccccc1N. The zero-order valence-electron chi connectivity index (χ0n) is 13.7. The van der Waals surface area contributed by atoms with Crippen molar-refractivity contribution in [2.75, 3.05) is 17.2 Å². The molecule has 0 atom stereocenters. The van der Waals surface area contributed by atoms with Crippen LogP contribution in [0.4, 0.5) is 11.4 Å². The summed E-state index contributed by atoms with van der Waals surface area (Å²) in [6.45, 7) is 0.633. The zero-order valence-corrected chi connectivity index (χ0v) is 15.2. The van der Waals surface area contributed by atoms with E-state index in [2.05, 4.69) is 0 Å². The molecule has 0 aliphatic carbocycles. The molecule has 0 bridgehead atoms. The van der Waals surface area contributed by atoms with Gasteiger partial charge in [-0.05, 0) is 43.0 Å². The Hall–Kier alpha value is -2.04. The number of rotatable bonds is 4. The van der Waals surface area contributed by atoms with E-state index in [0.29, 0.717) is 40.0 Å². The molecule has 130 valence electrons. The second kappa shape index (κ2) is 7.46. The number of nitrogen functional groups attached to an aromatic ring is 1. The fraction of sp³-hybridized carbons (Fsp3) is 0.263. The average molecular weight is 376 g/mol. The Kier molecular flexibility index (Phi) is 5.30. The number of hydrogen-bond donors (Lipinski definition) is 2. The van der Waals surface area contributed by atoms with E-state index in [9.17, 15) is 4.79 Å². The van der Waals surface area contributed by atoms with Crippen LogP contribution in [0.1, 0.15) is 30.4 Å². The number of fused-ring (bicyclic) bond motifs is 1. The number of amides is 1. The van der Waals surface area contributed by atoms with Crippen molar-refractivity contribution in [2.45, 2.75) is 25.7 Å². The van der Waals surface area contributed by atoms with Crippen molar-refractivity contribution >= 4 is 46.2 Å². The summed E-state index contributed by atoms with van der Waals surface area (Å²) in [5, 5.41) is 9.28. The average Bonchev–Trinajstić information content (AvgIpc) is 2.59. The van der Waals surface area contributed by atoms with Crippen molar-refractivity contribution in [1.29, 1.82) is 5.41 Å². The summed E-state index contributed by atoms with van der Waals surface area (Å²) in [7, 11) is 0. The normalized spacial score (nSPS) is 13.4. The van der Waals surface area contributed by atoms with Gasteiger partial charge in [0.15, 0.2) is 0 Å². The summed E-state index contributed by atoms with van der Waals surface area (Å²) in [6.07, 6.45) is 2.31. The standard InChI is InChI=1S/C19H19Cl2N3O/c20-13-10-12-4-3-9-24(19(12)15(21)11-13)18(25)8-7-17(23)14-5-1-2-6-16(14)22/h1-2,5-6,10-11,23H,3-4,7-9,22H2. The quantitative estimate of drug-likeness (QED) is 0.600. The van der Waals surface area contributed by atoms with Crippen molar-refractivity contribution in [2.24, 2.45) is 0 Å². The van der Waals surface area contributed by atoms with Crippen molar-refractivity contribution in [3.63, 3.8) is 0 Å². The lowest BCUT2D eigenvalue weighted by atomic mass is 10.00. The third-order valence-corrected chi connectivity index (χ3v) is 4.89. The Morgan fingerprint density at radius 3 is 2.72 bits per heavy atom. The van der Waals surface area contributed by atoms with E-state index in [-0.39, 0.29) is 12.3 Å². The third kappa shape index (κ3) is 3.80. The van der Waals surface area contributed by atoms with Crippen LogP contribution in [0.25, 0.3) is 0 Å². The van der Waals surface area contributed by atoms with E-state index >= 15 is 0 Å². The van der Waals surface area contributed by atoms with Gasteiger partial charge in [-0.25, -0.2) is 0 Å². The first-order valence-electron chi connectivity index (χ1n) is 8.18. The molecule has 4 nitrogen and oxygen atoms in total. The van der Waals surface area contributed by atoms with Crippen molar-refractivity contribution in [3.05, 3.63) is 57.6 Å². The monoisotopic (exact) mass is 375 g/mol. The number of carbonyl (C=O) groups is 1.